The number of benzene rings is 2. The van der Waals surface area contributed by atoms with Crippen molar-refractivity contribution >= 4 is 34.8 Å². The van der Waals surface area contributed by atoms with Gasteiger partial charge < -0.3 is 10.2 Å². The summed E-state index contributed by atoms with van der Waals surface area (Å²) in [6, 6.07) is 14.6. The summed E-state index contributed by atoms with van der Waals surface area (Å²) in [7, 11) is 0. The Labute approximate surface area is 141 Å². The maximum Gasteiger partial charge on any atom is 0.236 e. The quantitative estimate of drug-likeness (QED) is 0.841. The van der Waals surface area contributed by atoms with E-state index in [0.717, 1.165) is 11.3 Å². The number of carbonyl (C=O) groups excluding carboxylic acids is 2. The number of nitrogens with zero attached hydrogens (tertiary/aromatic N) is 1. The molecule has 5 heteroatoms. The number of hydrogen-bond donors (Lipinski definition) is 1. The second kappa shape index (κ2) is 7.79. The number of hydrogen-bond acceptors (Lipinski definition) is 2. The van der Waals surface area contributed by atoms with Crippen molar-refractivity contribution in [2.45, 2.75) is 20.3 Å². The van der Waals surface area contributed by atoms with E-state index in [1.807, 2.05) is 50.2 Å². The molecule has 2 amide bonds. The molecule has 0 atom stereocenters. The van der Waals surface area contributed by atoms with Gasteiger partial charge in [-0.05, 0) is 43.7 Å². The Morgan fingerprint density at radius 2 is 1.83 bits per heavy atom. The van der Waals surface area contributed by atoms with Crippen LogP contribution in [0, 0.1) is 6.92 Å². The summed E-state index contributed by atoms with van der Waals surface area (Å²) in [5.41, 5.74) is 2.30. The summed E-state index contributed by atoms with van der Waals surface area (Å²) in [6.07, 6.45) is -0.214. The molecule has 4 nitrogen and oxygen atoms in total. The second-order valence-electron chi connectivity index (χ2n) is 5.16. The predicted octanol–water partition coefficient (Wildman–Crippen LogP) is 4.03. The van der Waals surface area contributed by atoms with Crippen molar-refractivity contribution in [3.63, 3.8) is 0 Å². The Morgan fingerprint density at radius 1 is 1.13 bits per heavy atom. The van der Waals surface area contributed by atoms with Crippen molar-refractivity contribution in [1.29, 1.82) is 0 Å². The number of nitrogens with one attached hydrogen (secondary N) is 1. The van der Waals surface area contributed by atoms with E-state index in [1.165, 1.54) is 0 Å². The number of carbonyl (C=O) groups is 2. The van der Waals surface area contributed by atoms with E-state index in [-0.39, 0.29) is 18.2 Å². The minimum atomic E-state index is -0.352. The van der Waals surface area contributed by atoms with Gasteiger partial charge in [0.05, 0.1) is 0 Å². The normalized spacial score (nSPS) is 10.2. The van der Waals surface area contributed by atoms with Gasteiger partial charge in [0.15, 0.2) is 0 Å². The van der Waals surface area contributed by atoms with Gasteiger partial charge in [0, 0.05) is 22.9 Å². The Hall–Kier alpha value is -2.33. The number of amides is 2. The van der Waals surface area contributed by atoms with Crippen LogP contribution in [0.5, 0.6) is 0 Å². The van der Waals surface area contributed by atoms with Crippen LogP contribution in [-0.2, 0) is 9.59 Å². The van der Waals surface area contributed by atoms with E-state index in [9.17, 15) is 9.59 Å². The van der Waals surface area contributed by atoms with Gasteiger partial charge in [0.2, 0.25) is 11.8 Å². The van der Waals surface area contributed by atoms with Crippen LogP contribution in [0.25, 0.3) is 0 Å². The maximum absolute atomic E-state index is 12.4. The molecule has 0 saturated carbocycles. The highest BCUT2D eigenvalue weighted by molar-refractivity contribution is 6.31. The molecule has 0 fully saturated rings. The van der Waals surface area contributed by atoms with Crippen LogP contribution in [0.2, 0.25) is 5.02 Å². The fourth-order valence-corrected chi connectivity index (χ4v) is 2.44. The molecule has 0 heterocycles. The Balaban J connectivity index is 2.04. The number of rotatable bonds is 5. The lowest BCUT2D eigenvalue weighted by atomic mass is 10.2. The highest BCUT2D eigenvalue weighted by Crippen LogP contribution is 2.20. The lowest BCUT2D eigenvalue weighted by Gasteiger charge is -2.21. The Morgan fingerprint density at radius 3 is 2.48 bits per heavy atom. The minimum Gasteiger partial charge on any atom is -0.325 e. The molecule has 0 radical (unpaired) electrons. The molecule has 2 aromatic carbocycles. The van der Waals surface area contributed by atoms with Crippen LogP contribution < -0.4 is 10.2 Å². The van der Waals surface area contributed by atoms with E-state index in [2.05, 4.69) is 5.32 Å². The summed E-state index contributed by atoms with van der Waals surface area (Å²) >= 11 is 5.93. The van der Waals surface area contributed by atoms with Crippen LogP contribution >= 0.6 is 11.6 Å². The molecule has 0 aromatic heterocycles. The van der Waals surface area contributed by atoms with Gasteiger partial charge >= 0.3 is 0 Å². The SMILES string of the molecule is CCN(C(=O)CC(=O)Nc1cc(Cl)ccc1C)c1ccccc1. The average Bonchev–Trinajstić information content (AvgIpc) is 2.52. The molecule has 0 aliphatic heterocycles. The summed E-state index contributed by atoms with van der Waals surface area (Å²) in [6.45, 7) is 4.26. The molecule has 0 bridgehead atoms. The maximum atomic E-state index is 12.4. The Kier molecular flexibility index (Phi) is 5.77. The highest BCUT2D eigenvalue weighted by Gasteiger charge is 2.18. The third kappa shape index (κ3) is 4.57. The standard InChI is InChI=1S/C18H19ClN2O2/c1-3-21(15-7-5-4-6-8-15)18(23)12-17(22)20-16-11-14(19)10-9-13(16)2/h4-11H,3,12H2,1-2H3,(H,20,22). The summed E-state index contributed by atoms with van der Waals surface area (Å²) in [5, 5.41) is 3.28. The monoisotopic (exact) mass is 330 g/mol. The summed E-state index contributed by atoms with van der Waals surface area (Å²) in [5.74, 6) is -0.592. The summed E-state index contributed by atoms with van der Waals surface area (Å²) < 4.78 is 0. The molecule has 2 aromatic rings. The molecule has 120 valence electrons. The van der Waals surface area contributed by atoms with Crippen molar-refractivity contribution in [1.82, 2.24) is 0 Å². The average molecular weight is 331 g/mol. The zero-order valence-electron chi connectivity index (χ0n) is 13.2. The van der Waals surface area contributed by atoms with Crippen LogP contribution in [0.4, 0.5) is 11.4 Å². The molecular formula is C18H19ClN2O2. The number of halogens is 1. The number of para-hydroxylation sites is 1. The summed E-state index contributed by atoms with van der Waals surface area (Å²) in [4.78, 5) is 26.1. The van der Waals surface area contributed by atoms with Crippen LogP contribution in [0.3, 0.4) is 0 Å². The topological polar surface area (TPSA) is 49.4 Å². The van der Waals surface area contributed by atoms with Crippen LogP contribution in [-0.4, -0.2) is 18.4 Å². The third-order valence-electron chi connectivity index (χ3n) is 3.47. The van der Waals surface area contributed by atoms with Crippen molar-refractivity contribution in [2.24, 2.45) is 0 Å². The lowest BCUT2D eigenvalue weighted by molar-refractivity contribution is -0.125. The van der Waals surface area contributed by atoms with E-state index >= 15 is 0 Å². The third-order valence-corrected chi connectivity index (χ3v) is 3.71. The minimum absolute atomic E-state index is 0.214. The lowest BCUT2D eigenvalue weighted by Crippen LogP contribution is -2.33. The van der Waals surface area contributed by atoms with Gasteiger partial charge in [0.25, 0.3) is 0 Å². The van der Waals surface area contributed by atoms with E-state index in [4.69, 9.17) is 11.6 Å². The highest BCUT2D eigenvalue weighted by atomic mass is 35.5. The number of anilines is 2. The molecule has 2 rings (SSSR count). The first-order valence-corrected chi connectivity index (χ1v) is 7.80. The van der Waals surface area contributed by atoms with Gasteiger partial charge in [-0.15, -0.1) is 0 Å². The van der Waals surface area contributed by atoms with Crippen LogP contribution in [0.1, 0.15) is 18.9 Å². The van der Waals surface area contributed by atoms with Gasteiger partial charge in [-0.2, -0.15) is 0 Å². The molecule has 0 unspecified atom stereocenters. The molecule has 1 N–H and O–H groups in total. The first-order valence-electron chi connectivity index (χ1n) is 7.42. The van der Waals surface area contributed by atoms with Crippen LogP contribution in [0.15, 0.2) is 48.5 Å². The molecule has 23 heavy (non-hydrogen) atoms. The zero-order valence-corrected chi connectivity index (χ0v) is 13.9. The van der Waals surface area contributed by atoms with Gasteiger partial charge in [-0.1, -0.05) is 35.9 Å². The van der Waals surface area contributed by atoms with E-state index in [1.54, 1.807) is 17.0 Å². The molecular weight excluding hydrogens is 312 g/mol. The molecule has 0 aliphatic rings. The second-order valence-corrected chi connectivity index (χ2v) is 5.59. The fourth-order valence-electron chi connectivity index (χ4n) is 2.27. The molecule has 0 spiro atoms. The van der Waals surface area contributed by atoms with E-state index in [0.29, 0.717) is 17.3 Å². The van der Waals surface area contributed by atoms with Crippen molar-refractivity contribution in [2.75, 3.05) is 16.8 Å². The van der Waals surface area contributed by atoms with Gasteiger partial charge in [-0.3, -0.25) is 9.59 Å². The zero-order chi connectivity index (χ0) is 16.8. The van der Waals surface area contributed by atoms with Crippen molar-refractivity contribution in [3.05, 3.63) is 59.1 Å². The largest absolute Gasteiger partial charge is 0.325 e. The van der Waals surface area contributed by atoms with Crippen molar-refractivity contribution in [3.8, 4) is 0 Å². The Bertz CT molecular complexity index is 701. The van der Waals surface area contributed by atoms with Gasteiger partial charge in [-0.25, -0.2) is 0 Å². The molecule has 0 saturated heterocycles. The fraction of sp³-hybridized carbons (Fsp3) is 0.222. The smallest absolute Gasteiger partial charge is 0.236 e. The first-order chi connectivity index (χ1) is 11.0. The first kappa shape index (κ1) is 17.0. The number of aryl methyl sites for hydroxylation is 1. The van der Waals surface area contributed by atoms with Gasteiger partial charge in [0.1, 0.15) is 6.42 Å². The molecule has 0 aliphatic carbocycles. The van der Waals surface area contributed by atoms with E-state index < -0.39 is 0 Å². The van der Waals surface area contributed by atoms with Crippen molar-refractivity contribution < 1.29 is 9.59 Å². The predicted molar refractivity (Wildman–Crippen MR) is 93.9 cm³/mol.